The first kappa shape index (κ1) is 33.2. The third-order valence-electron chi connectivity index (χ3n) is 9.12. The molecule has 1 aliphatic rings. The largest absolute Gasteiger partial charge is 0.381 e. The van der Waals surface area contributed by atoms with Crippen LogP contribution in [-0.4, -0.2) is 74.9 Å². The molecule has 3 N–H and O–H groups in total. The van der Waals surface area contributed by atoms with Gasteiger partial charge in [0.2, 0.25) is 17.8 Å². The highest BCUT2D eigenvalue weighted by Crippen LogP contribution is 2.29. The summed E-state index contributed by atoms with van der Waals surface area (Å²) in [6.07, 6.45) is 11.8. The number of likely N-dealkylation sites (N-methyl/N-ethyl adjacent to an activating group) is 1. The molecule has 1 fully saturated rings. The number of benzene rings is 2. The van der Waals surface area contributed by atoms with E-state index in [4.69, 9.17) is 19.8 Å². The minimum absolute atomic E-state index is 0.143. The molecule has 6 rings (SSSR count). The number of nitrogens with zero attached hydrogens (tertiary/aromatic N) is 6. The van der Waals surface area contributed by atoms with Gasteiger partial charge in [0.25, 0.3) is 0 Å². The second-order valence-electron chi connectivity index (χ2n) is 13.3. The number of anilines is 3. The van der Waals surface area contributed by atoms with Crippen molar-refractivity contribution in [1.82, 2.24) is 29.0 Å². The predicted molar refractivity (Wildman–Crippen MR) is 193 cm³/mol. The van der Waals surface area contributed by atoms with Crippen molar-refractivity contribution in [3.8, 4) is 5.69 Å². The van der Waals surface area contributed by atoms with Crippen molar-refractivity contribution >= 4 is 40.0 Å². The van der Waals surface area contributed by atoms with E-state index in [0.717, 1.165) is 70.3 Å². The van der Waals surface area contributed by atoms with Gasteiger partial charge in [-0.05, 0) is 94.1 Å². The Morgan fingerprint density at radius 1 is 1.10 bits per heavy atom. The fourth-order valence-corrected chi connectivity index (χ4v) is 6.40. The predicted octanol–water partition coefficient (Wildman–Crippen LogP) is 6.54. The van der Waals surface area contributed by atoms with Crippen molar-refractivity contribution in [3.05, 3.63) is 83.7 Å². The Balaban J connectivity index is 1.26. The summed E-state index contributed by atoms with van der Waals surface area (Å²) in [5.41, 5.74) is 7.09. The van der Waals surface area contributed by atoms with Crippen molar-refractivity contribution < 1.29 is 9.53 Å². The highest BCUT2D eigenvalue weighted by molar-refractivity contribution is 6.00. The number of aromatic nitrogens is 5. The van der Waals surface area contributed by atoms with Crippen LogP contribution in [0.3, 0.4) is 0 Å². The Hall–Kier alpha value is -4.74. The highest BCUT2D eigenvalue weighted by atomic mass is 16.5. The number of amides is 1. The van der Waals surface area contributed by atoms with Crippen LogP contribution in [-0.2, 0) is 16.1 Å². The van der Waals surface area contributed by atoms with Gasteiger partial charge in [-0.1, -0.05) is 32.1 Å². The number of ether oxygens (including phenoxy) is 1. The molecule has 5 aromatic rings. The third-order valence-corrected chi connectivity index (χ3v) is 9.12. The maximum absolute atomic E-state index is 12.4. The Labute approximate surface area is 282 Å². The van der Waals surface area contributed by atoms with Crippen molar-refractivity contribution in [1.29, 1.82) is 0 Å². The minimum Gasteiger partial charge on any atom is -0.381 e. The van der Waals surface area contributed by atoms with Gasteiger partial charge in [0.1, 0.15) is 0 Å². The molecule has 0 saturated heterocycles. The molecular formula is C37H47N9O2. The summed E-state index contributed by atoms with van der Waals surface area (Å²) >= 11 is 0. The first-order chi connectivity index (χ1) is 23.2. The molecule has 1 saturated carbocycles. The Morgan fingerprint density at radius 2 is 1.92 bits per heavy atom. The number of hydrogen-bond acceptors (Lipinski definition) is 8. The number of aryl methyl sites for hydroxylation is 1. The van der Waals surface area contributed by atoms with Crippen LogP contribution in [0.15, 0.2) is 67.0 Å². The smallest absolute Gasteiger partial charge is 0.248 e. The number of methoxy groups -OCH3 is 1. The minimum atomic E-state index is -0.143. The summed E-state index contributed by atoms with van der Waals surface area (Å²) in [4.78, 5) is 24.3. The number of nitrogens with one attached hydrogen (secondary N) is 3. The first-order valence-electron chi connectivity index (χ1n) is 16.8. The van der Waals surface area contributed by atoms with E-state index >= 15 is 0 Å². The molecule has 2 aromatic carbocycles. The zero-order valence-electron chi connectivity index (χ0n) is 28.8. The van der Waals surface area contributed by atoms with Gasteiger partial charge in [-0.2, -0.15) is 19.6 Å². The molecule has 0 bridgehead atoms. The zero-order valence-corrected chi connectivity index (χ0v) is 28.8. The van der Waals surface area contributed by atoms with E-state index in [1.807, 2.05) is 47.9 Å². The van der Waals surface area contributed by atoms with Crippen LogP contribution >= 0.6 is 0 Å². The van der Waals surface area contributed by atoms with Crippen molar-refractivity contribution in [2.75, 3.05) is 43.7 Å². The van der Waals surface area contributed by atoms with E-state index in [-0.39, 0.29) is 11.8 Å². The Bertz CT molecular complexity index is 1920. The van der Waals surface area contributed by atoms with E-state index in [1.165, 1.54) is 0 Å². The van der Waals surface area contributed by atoms with Gasteiger partial charge >= 0.3 is 0 Å². The molecule has 11 heteroatoms. The summed E-state index contributed by atoms with van der Waals surface area (Å²) in [7, 11) is 5.73. The standard InChI is InChI=1S/C37H47N9O2/c1-24(2)30-23-39-46-35(30)42-36(41-27-12-15-29(48-6)16-13-27)43-37(46)38-22-31-25(3)9-7-10-33(31)45-20-18-26-21-28(14-17-32(26)45)40-34(47)11-8-19-44(4)5/h7-11,14,17-18,20-21,23-24,27,29H,12-13,15-16,19,22H2,1-6H3,(H,40,47)(H2,38,41,42,43)/b11-8+. The molecule has 0 spiro atoms. The second kappa shape index (κ2) is 14.6. The maximum atomic E-state index is 12.4. The van der Waals surface area contributed by atoms with Crippen LogP contribution in [0.1, 0.15) is 62.1 Å². The highest BCUT2D eigenvalue weighted by Gasteiger charge is 2.23. The lowest BCUT2D eigenvalue weighted by Gasteiger charge is -2.28. The van der Waals surface area contributed by atoms with Gasteiger partial charge in [-0.25, -0.2) is 0 Å². The van der Waals surface area contributed by atoms with E-state index in [0.29, 0.717) is 37.1 Å². The van der Waals surface area contributed by atoms with E-state index in [1.54, 1.807) is 13.2 Å². The molecule has 11 nitrogen and oxygen atoms in total. The Morgan fingerprint density at radius 3 is 2.67 bits per heavy atom. The third kappa shape index (κ3) is 7.37. The van der Waals surface area contributed by atoms with Crippen LogP contribution in [0.5, 0.6) is 0 Å². The molecule has 48 heavy (non-hydrogen) atoms. The fraction of sp³-hybridized carbons (Fsp3) is 0.405. The molecule has 1 amide bonds. The number of rotatable bonds is 12. The lowest BCUT2D eigenvalue weighted by Crippen LogP contribution is -2.30. The summed E-state index contributed by atoms with van der Waals surface area (Å²) < 4.78 is 9.59. The van der Waals surface area contributed by atoms with Gasteiger partial charge in [0.05, 0.1) is 23.5 Å². The molecule has 252 valence electrons. The molecule has 1 aliphatic carbocycles. The Kier molecular flexibility index (Phi) is 10.1. The van der Waals surface area contributed by atoms with Crippen LogP contribution in [0.2, 0.25) is 0 Å². The molecule has 3 aromatic heterocycles. The molecule has 3 heterocycles. The quantitative estimate of drug-likeness (QED) is 0.131. The average molecular weight is 650 g/mol. The lowest BCUT2D eigenvalue weighted by molar-refractivity contribution is -0.111. The second-order valence-corrected chi connectivity index (χ2v) is 13.3. The summed E-state index contributed by atoms with van der Waals surface area (Å²) in [6, 6.07) is 14.7. The SMILES string of the molecule is COC1CCC(Nc2nc(NCc3c(C)cccc3-n3ccc4cc(NC(=O)/C=C/CN(C)C)ccc43)n3ncc(C(C)C)c3n2)CC1. The maximum Gasteiger partial charge on any atom is 0.248 e. The van der Waals surface area contributed by atoms with E-state index in [9.17, 15) is 4.79 Å². The summed E-state index contributed by atoms with van der Waals surface area (Å²) in [5, 5.41) is 15.9. The van der Waals surface area contributed by atoms with Crippen LogP contribution < -0.4 is 16.0 Å². The first-order valence-corrected chi connectivity index (χ1v) is 16.8. The summed E-state index contributed by atoms with van der Waals surface area (Å²) in [6.45, 7) is 7.70. The summed E-state index contributed by atoms with van der Waals surface area (Å²) in [5.74, 6) is 1.39. The molecular weight excluding hydrogens is 602 g/mol. The molecule has 0 radical (unpaired) electrons. The van der Waals surface area contributed by atoms with Gasteiger partial charge in [0.15, 0.2) is 5.65 Å². The van der Waals surface area contributed by atoms with Gasteiger partial charge in [0, 0.05) is 55.2 Å². The van der Waals surface area contributed by atoms with Crippen molar-refractivity contribution in [3.63, 3.8) is 0 Å². The lowest BCUT2D eigenvalue weighted by atomic mass is 9.93. The number of carbonyl (C=O) groups excluding carboxylic acids is 1. The number of fused-ring (bicyclic) bond motifs is 2. The van der Waals surface area contributed by atoms with Crippen molar-refractivity contribution in [2.45, 2.75) is 71.1 Å². The topological polar surface area (TPSA) is 114 Å². The number of carbonyl (C=O) groups is 1. The zero-order chi connectivity index (χ0) is 33.8. The van der Waals surface area contributed by atoms with E-state index in [2.05, 4.69) is 77.8 Å². The normalized spacial score (nSPS) is 16.8. The fourth-order valence-electron chi connectivity index (χ4n) is 6.40. The van der Waals surface area contributed by atoms with Crippen molar-refractivity contribution in [2.24, 2.45) is 0 Å². The number of hydrogen-bond donors (Lipinski definition) is 3. The monoisotopic (exact) mass is 649 g/mol. The van der Waals surface area contributed by atoms with Crippen LogP contribution in [0.4, 0.5) is 17.6 Å². The van der Waals surface area contributed by atoms with E-state index < -0.39 is 0 Å². The van der Waals surface area contributed by atoms with Crippen LogP contribution in [0.25, 0.3) is 22.2 Å². The van der Waals surface area contributed by atoms with Gasteiger partial charge in [-0.15, -0.1) is 0 Å². The molecule has 0 aliphatic heterocycles. The van der Waals surface area contributed by atoms with Gasteiger partial charge < -0.3 is 30.2 Å². The molecule has 0 atom stereocenters. The average Bonchev–Trinajstić information content (AvgIpc) is 3.69. The molecule has 0 unspecified atom stereocenters. The van der Waals surface area contributed by atoms with Crippen LogP contribution in [0, 0.1) is 6.92 Å². The van der Waals surface area contributed by atoms with Gasteiger partial charge in [-0.3, -0.25) is 4.79 Å².